The minimum Gasteiger partial charge on any atom is -0.409 e. The van der Waals surface area contributed by atoms with Gasteiger partial charge in [0.2, 0.25) is 0 Å². The Morgan fingerprint density at radius 1 is 1.71 bits per heavy atom. The molecule has 1 aliphatic rings. The lowest BCUT2D eigenvalue weighted by Crippen LogP contribution is -2.36. The summed E-state index contributed by atoms with van der Waals surface area (Å²) in [5, 5.41) is 14.5. The summed E-state index contributed by atoms with van der Waals surface area (Å²) < 4.78 is 0. The molecule has 5 heteroatoms. The van der Waals surface area contributed by atoms with E-state index in [0.29, 0.717) is 12.5 Å². The van der Waals surface area contributed by atoms with Crippen molar-refractivity contribution in [2.24, 2.45) is 10.9 Å². The Hall–Kier alpha value is -0.810. The number of rotatable bonds is 5. The van der Waals surface area contributed by atoms with E-state index < -0.39 is 0 Å². The number of hydrogen-bond donors (Lipinski definition) is 3. The lowest BCUT2D eigenvalue weighted by Gasteiger charge is -2.19. The Morgan fingerprint density at radius 2 is 2.50 bits per heavy atom. The maximum atomic E-state index is 8.31. The molecule has 82 valence electrons. The highest BCUT2D eigenvalue weighted by molar-refractivity contribution is 5.79. The highest BCUT2D eigenvalue weighted by atomic mass is 16.4. The minimum atomic E-state index is 0.289. The van der Waals surface area contributed by atoms with Gasteiger partial charge in [-0.1, -0.05) is 5.16 Å². The van der Waals surface area contributed by atoms with Crippen LogP contribution in [0.4, 0.5) is 0 Å². The van der Waals surface area contributed by atoms with Crippen LogP contribution in [0.15, 0.2) is 5.16 Å². The second kappa shape index (κ2) is 5.82. The predicted octanol–water partition coefficient (Wildman–Crippen LogP) is -0.193. The first-order chi connectivity index (χ1) is 6.74. The quantitative estimate of drug-likeness (QED) is 0.189. The molecule has 1 atom stereocenters. The topological polar surface area (TPSA) is 73.9 Å². The fourth-order valence-electron chi connectivity index (χ4n) is 1.77. The highest BCUT2D eigenvalue weighted by Gasteiger charge is 2.19. The van der Waals surface area contributed by atoms with Crippen LogP contribution in [0.2, 0.25) is 0 Å². The van der Waals surface area contributed by atoms with Crippen molar-refractivity contribution in [3.05, 3.63) is 0 Å². The maximum absolute atomic E-state index is 8.31. The summed E-state index contributed by atoms with van der Waals surface area (Å²) in [4.78, 5) is 2.37. The lowest BCUT2D eigenvalue weighted by atomic mass is 10.2. The summed E-state index contributed by atoms with van der Waals surface area (Å²) in [6, 6.07) is 0.655. The van der Waals surface area contributed by atoms with Crippen LogP contribution in [0, 0.1) is 0 Å². The zero-order chi connectivity index (χ0) is 10.4. The molecule has 0 aromatic rings. The van der Waals surface area contributed by atoms with Crippen LogP contribution in [0.1, 0.15) is 19.3 Å². The molecule has 0 aromatic heterocycles. The molecule has 1 heterocycles. The average Bonchev–Trinajstić information content (AvgIpc) is 2.58. The molecule has 14 heavy (non-hydrogen) atoms. The molecule has 0 spiro atoms. The van der Waals surface area contributed by atoms with Gasteiger partial charge >= 0.3 is 0 Å². The van der Waals surface area contributed by atoms with E-state index in [0.717, 1.165) is 13.1 Å². The standard InChI is InChI=1S/C9H20N4O/c1-13-6-2-3-8(13)7-11-5-4-9(10)12-14/h8,11,14H,2-7H2,1H3,(H2,10,12). The van der Waals surface area contributed by atoms with Gasteiger partial charge < -0.3 is 21.2 Å². The van der Waals surface area contributed by atoms with E-state index in [2.05, 4.69) is 22.4 Å². The smallest absolute Gasteiger partial charge is 0.140 e. The normalized spacial score (nSPS) is 24.4. The van der Waals surface area contributed by atoms with Gasteiger partial charge in [0, 0.05) is 25.6 Å². The zero-order valence-electron chi connectivity index (χ0n) is 8.74. The van der Waals surface area contributed by atoms with E-state index >= 15 is 0 Å². The van der Waals surface area contributed by atoms with Crippen LogP contribution < -0.4 is 11.1 Å². The van der Waals surface area contributed by atoms with Crippen LogP contribution in [-0.2, 0) is 0 Å². The van der Waals surface area contributed by atoms with Crippen molar-refractivity contribution in [1.29, 1.82) is 0 Å². The molecule has 4 N–H and O–H groups in total. The van der Waals surface area contributed by atoms with Crippen LogP contribution in [0.5, 0.6) is 0 Å². The van der Waals surface area contributed by atoms with E-state index in [1.165, 1.54) is 19.4 Å². The molecule has 1 saturated heterocycles. The monoisotopic (exact) mass is 200 g/mol. The Kier molecular flexibility index (Phi) is 4.69. The van der Waals surface area contributed by atoms with E-state index in [1.807, 2.05) is 0 Å². The van der Waals surface area contributed by atoms with Gasteiger partial charge in [-0.2, -0.15) is 0 Å². The molecule has 0 saturated carbocycles. The third-order valence-corrected chi connectivity index (χ3v) is 2.74. The second-order valence-corrected chi connectivity index (χ2v) is 3.82. The van der Waals surface area contributed by atoms with E-state index in [-0.39, 0.29) is 5.84 Å². The molecule has 1 aliphatic heterocycles. The molecule has 0 aromatic carbocycles. The van der Waals surface area contributed by atoms with E-state index in [1.54, 1.807) is 0 Å². The van der Waals surface area contributed by atoms with Gasteiger partial charge in [0.15, 0.2) is 0 Å². The van der Waals surface area contributed by atoms with Crippen molar-refractivity contribution < 1.29 is 5.21 Å². The Morgan fingerprint density at radius 3 is 3.07 bits per heavy atom. The Labute approximate surface area is 84.9 Å². The number of nitrogens with zero attached hydrogens (tertiary/aromatic N) is 2. The zero-order valence-corrected chi connectivity index (χ0v) is 8.74. The minimum absolute atomic E-state index is 0.289. The predicted molar refractivity (Wildman–Crippen MR) is 56.5 cm³/mol. The summed E-state index contributed by atoms with van der Waals surface area (Å²) in [5.74, 6) is 0.289. The van der Waals surface area contributed by atoms with Crippen LogP contribution in [-0.4, -0.2) is 48.7 Å². The molecule has 0 radical (unpaired) electrons. The number of nitrogens with two attached hydrogens (primary N) is 1. The van der Waals surface area contributed by atoms with Crippen molar-refractivity contribution >= 4 is 5.84 Å². The van der Waals surface area contributed by atoms with Crippen LogP contribution in [0.3, 0.4) is 0 Å². The lowest BCUT2D eigenvalue weighted by molar-refractivity contribution is 0.300. The summed E-state index contributed by atoms with van der Waals surface area (Å²) in [6.07, 6.45) is 3.17. The van der Waals surface area contributed by atoms with Crippen molar-refractivity contribution in [3.63, 3.8) is 0 Å². The van der Waals surface area contributed by atoms with Gasteiger partial charge in [0.05, 0.1) is 0 Å². The molecule has 5 nitrogen and oxygen atoms in total. The first-order valence-corrected chi connectivity index (χ1v) is 5.11. The summed E-state index contributed by atoms with van der Waals surface area (Å²) in [5.41, 5.74) is 5.34. The largest absolute Gasteiger partial charge is 0.409 e. The third-order valence-electron chi connectivity index (χ3n) is 2.74. The van der Waals surface area contributed by atoms with Gasteiger partial charge in [0.25, 0.3) is 0 Å². The van der Waals surface area contributed by atoms with E-state index in [4.69, 9.17) is 10.9 Å². The fraction of sp³-hybridized carbons (Fsp3) is 0.889. The third kappa shape index (κ3) is 3.51. The molecule has 0 bridgehead atoms. The van der Waals surface area contributed by atoms with Gasteiger partial charge in [-0.25, -0.2) is 0 Å². The van der Waals surface area contributed by atoms with Gasteiger partial charge in [-0.15, -0.1) is 0 Å². The van der Waals surface area contributed by atoms with Crippen molar-refractivity contribution in [1.82, 2.24) is 10.2 Å². The van der Waals surface area contributed by atoms with Crippen molar-refractivity contribution in [3.8, 4) is 0 Å². The second-order valence-electron chi connectivity index (χ2n) is 3.82. The molecule has 1 rings (SSSR count). The molecular weight excluding hydrogens is 180 g/mol. The molecule has 1 fully saturated rings. The number of likely N-dealkylation sites (N-methyl/N-ethyl adjacent to an activating group) is 1. The summed E-state index contributed by atoms with van der Waals surface area (Å²) >= 11 is 0. The fourth-order valence-corrected chi connectivity index (χ4v) is 1.77. The van der Waals surface area contributed by atoms with Gasteiger partial charge in [0.1, 0.15) is 5.84 Å². The highest BCUT2D eigenvalue weighted by Crippen LogP contribution is 2.13. The number of hydrogen-bond acceptors (Lipinski definition) is 4. The van der Waals surface area contributed by atoms with Crippen molar-refractivity contribution in [2.75, 3.05) is 26.7 Å². The van der Waals surface area contributed by atoms with Crippen molar-refractivity contribution in [2.45, 2.75) is 25.3 Å². The molecule has 1 unspecified atom stereocenters. The Balaban J connectivity index is 2.03. The average molecular weight is 200 g/mol. The van der Waals surface area contributed by atoms with Gasteiger partial charge in [-0.3, -0.25) is 0 Å². The Bertz CT molecular complexity index is 195. The molecular formula is C9H20N4O. The van der Waals surface area contributed by atoms with E-state index in [9.17, 15) is 0 Å². The first kappa shape index (κ1) is 11.3. The van der Waals surface area contributed by atoms with Gasteiger partial charge in [-0.05, 0) is 26.4 Å². The summed E-state index contributed by atoms with van der Waals surface area (Å²) in [7, 11) is 2.16. The molecule has 0 amide bonds. The first-order valence-electron chi connectivity index (χ1n) is 5.11. The number of amidine groups is 1. The number of likely N-dealkylation sites (tertiary alicyclic amines) is 1. The number of oxime groups is 1. The van der Waals surface area contributed by atoms with Crippen LogP contribution in [0.25, 0.3) is 0 Å². The van der Waals surface area contributed by atoms with Crippen LogP contribution >= 0.6 is 0 Å². The number of nitrogens with one attached hydrogen (secondary N) is 1. The molecule has 0 aliphatic carbocycles. The maximum Gasteiger partial charge on any atom is 0.140 e. The summed E-state index contributed by atoms with van der Waals surface area (Å²) in [6.45, 7) is 2.97. The SMILES string of the molecule is CN1CCCC1CNCCC(N)=NO.